The topological polar surface area (TPSA) is 28.2 Å². The van der Waals surface area contributed by atoms with E-state index in [2.05, 4.69) is 15.6 Å². The van der Waals surface area contributed by atoms with Crippen molar-refractivity contribution in [3.05, 3.63) is 11.1 Å². The molecule has 2 heterocycles. The Morgan fingerprint density at radius 2 is 2.00 bits per heavy atom. The second-order valence-electron chi connectivity index (χ2n) is 6.72. The molecule has 3 fully saturated rings. The third-order valence-electron chi connectivity index (χ3n) is 5.18. The van der Waals surface area contributed by atoms with Gasteiger partial charge in [0.25, 0.3) is 0 Å². The Morgan fingerprint density at radius 1 is 1.15 bits per heavy atom. The number of nitrogens with zero attached hydrogens (tertiary/aromatic N) is 2. The molecule has 2 aliphatic carbocycles. The van der Waals surface area contributed by atoms with E-state index in [0.717, 1.165) is 24.5 Å². The highest BCUT2D eigenvalue weighted by Gasteiger charge is 2.34. The number of rotatable bonds is 5. The fourth-order valence-electron chi connectivity index (χ4n) is 3.91. The van der Waals surface area contributed by atoms with E-state index in [1.165, 1.54) is 68.7 Å². The van der Waals surface area contributed by atoms with Gasteiger partial charge in [-0.1, -0.05) is 12.8 Å². The van der Waals surface area contributed by atoms with Crippen LogP contribution in [0, 0.1) is 5.92 Å². The molecule has 1 aromatic rings. The molecule has 0 bridgehead atoms. The van der Waals surface area contributed by atoms with Crippen molar-refractivity contribution >= 4 is 16.5 Å². The minimum Gasteiger partial charge on any atom is -0.345 e. The van der Waals surface area contributed by atoms with Crippen molar-refractivity contribution in [1.29, 1.82) is 0 Å². The van der Waals surface area contributed by atoms with Gasteiger partial charge in [-0.25, -0.2) is 4.98 Å². The van der Waals surface area contributed by atoms with Crippen LogP contribution < -0.4 is 10.2 Å². The average Bonchev–Trinajstić information content (AvgIpc) is 2.95. The zero-order valence-corrected chi connectivity index (χ0v) is 13.0. The van der Waals surface area contributed by atoms with Crippen LogP contribution in [-0.4, -0.2) is 23.6 Å². The summed E-state index contributed by atoms with van der Waals surface area (Å²) in [6.07, 6.45) is 11.2. The average molecular weight is 291 g/mol. The predicted octanol–water partition coefficient (Wildman–Crippen LogP) is 3.55. The van der Waals surface area contributed by atoms with Crippen LogP contribution in [0.5, 0.6) is 0 Å². The summed E-state index contributed by atoms with van der Waals surface area (Å²) in [6.45, 7) is 2.19. The van der Waals surface area contributed by atoms with Gasteiger partial charge in [0.1, 0.15) is 0 Å². The molecule has 1 aromatic heterocycles. The molecule has 0 amide bonds. The maximum atomic E-state index is 4.90. The number of hydrogen-bond acceptors (Lipinski definition) is 4. The van der Waals surface area contributed by atoms with Gasteiger partial charge in [0.15, 0.2) is 5.13 Å². The zero-order valence-electron chi connectivity index (χ0n) is 12.2. The molecule has 110 valence electrons. The lowest BCUT2D eigenvalue weighted by Gasteiger charge is -2.29. The number of hydrogen-bond donors (Lipinski definition) is 1. The second-order valence-corrected chi connectivity index (χ2v) is 7.56. The zero-order chi connectivity index (χ0) is 13.4. The molecule has 1 unspecified atom stereocenters. The van der Waals surface area contributed by atoms with Crippen LogP contribution >= 0.6 is 11.3 Å². The van der Waals surface area contributed by atoms with Gasteiger partial charge in [-0.15, -0.1) is 11.3 Å². The summed E-state index contributed by atoms with van der Waals surface area (Å²) in [7, 11) is 0. The van der Waals surface area contributed by atoms with Gasteiger partial charge in [0.05, 0.1) is 5.69 Å². The van der Waals surface area contributed by atoms with Crippen LogP contribution in [-0.2, 0) is 6.54 Å². The Bertz CT molecular complexity index is 448. The number of thiazole rings is 1. The maximum absolute atomic E-state index is 4.90. The van der Waals surface area contributed by atoms with Gasteiger partial charge in [-0.3, -0.25) is 0 Å². The first-order chi connectivity index (χ1) is 9.90. The molecule has 20 heavy (non-hydrogen) atoms. The van der Waals surface area contributed by atoms with Crippen LogP contribution in [0.25, 0.3) is 0 Å². The Hall–Kier alpha value is -0.610. The normalized spacial score (nSPS) is 27.6. The molecule has 4 rings (SSSR count). The van der Waals surface area contributed by atoms with Gasteiger partial charge in [-0.05, 0) is 44.4 Å². The molecule has 2 saturated carbocycles. The molecule has 1 N–H and O–H groups in total. The standard InChI is InChI=1S/C16H25N3S/c1-2-5-12(4-1)15-6-3-9-19(15)16-18-14(11-20-16)10-17-13-7-8-13/h11-13,15,17H,1-10H2. The molecule has 0 radical (unpaired) electrons. The van der Waals surface area contributed by atoms with Gasteiger partial charge in [-0.2, -0.15) is 0 Å². The highest BCUT2D eigenvalue weighted by Crippen LogP contribution is 2.38. The first-order valence-corrected chi connectivity index (χ1v) is 9.22. The minimum absolute atomic E-state index is 0.776. The summed E-state index contributed by atoms with van der Waals surface area (Å²) in [5.74, 6) is 0.939. The summed E-state index contributed by atoms with van der Waals surface area (Å²) in [5.41, 5.74) is 1.24. The second kappa shape index (κ2) is 5.64. The van der Waals surface area contributed by atoms with Crippen molar-refractivity contribution in [1.82, 2.24) is 10.3 Å². The summed E-state index contributed by atoms with van der Waals surface area (Å²) in [5, 5.41) is 7.11. The molecular formula is C16H25N3S. The lowest BCUT2D eigenvalue weighted by molar-refractivity contribution is 0.430. The van der Waals surface area contributed by atoms with Crippen molar-refractivity contribution in [3.63, 3.8) is 0 Å². The van der Waals surface area contributed by atoms with Crippen molar-refractivity contribution in [3.8, 4) is 0 Å². The van der Waals surface area contributed by atoms with E-state index in [9.17, 15) is 0 Å². The number of anilines is 1. The molecule has 0 spiro atoms. The van der Waals surface area contributed by atoms with Gasteiger partial charge < -0.3 is 10.2 Å². The molecule has 1 aliphatic heterocycles. The number of aromatic nitrogens is 1. The SMILES string of the molecule is c1sc(N2CCCC2C2CCCC2)nc1CNC1CC1. The fraction of sp³-hybridized carbons (Fsp3) is 0.812. The first kappa shape index (κ1) is 13.1. The van der Waals surface area contributed by atoms with Gasteiger partial charge in [0, 0.05) is 30.6 Å². The van der Waals surface area contributed by atoms with Gasteiger partial charge >= 0.3 is 0 Å². The third kappa shape index (κ3) is 2.73. The van der Waals surface area contributed by atoms with Crippen LogP contribution in [0.15, 0.2) is 5.38 Å². The van der Waals surface area contributed by atoms with Crippen molar-refractivity contribution in [2.75, 3.05) is 11.4 Å². The molecule has 1 atom stereocenters. The minimum atomic E-state index is 0.776. The summed E-state index contributed by atoms with van der Waals surface area (Å²) < 4.78 is 0. The highest BCUT2D eigenvalue weighted by molar-refractivity contribution is 7.13. The van der Waals surface area contributed by atoms with Crippen LogP contribution in [0.1, 0.15) is 57.1 Å². The van der Waals surface area contributed by atoms with Crippen LogP contribution in [0.3, 0.4) is 0 Å². The van der Waals surface area contributed by atoms with E-state index in [4.69, 9.17) is 4.98 Å². The van der Waals surface area contributed by atoms with Crippen LogP contribution in [0.2, 0.25) is 0 Å². The highest BCUT2D eigenvalue weighted by atomic mass is 32.1. The van der Waals surface area contributed by atoms with Crippen LogP contribution in [0.4, 0.5) is 5.13 Å². The smallest absolute Gasteiger partial charge is 0.185 e. The summed E-state index contributed by atoms with van der Waals surface area (Å²) in [6, 6.07) is 1.56. The fourth-order valence-corrected chi connectivity index (χ4v) is 4.82. The largest absolute Gasteiger partial charge is 0.345 e. The number of nitrogens with one attached hydrogen (secondary N) is 1. The quantitative estimate of drug-likeness (QED) is 0.899. The van der Waals surface area contributed by atoms with Crippen molar-refractivity contribution < 1.29 is 0 Å². The van der Waals surface area contributed by atoms with E-state index in [1.807, 2.05) is 11.3 Å². The van der Waals surface area contributed by atoms with Crippen molar-refractivity contribution in [2.24, 2.45) is 5.92 Å². The third-order valence-corrected chi connectivity index (χ3v) is 6.10. The van der Waals surface area contributed by atoms with E-state index < -0.39 is 0 Å². The molecule has 0 aromatic carbocycles. The van der Waals surface area contributed by atoms with Gasteiger partial charge in [0.2, 0.25) is 0 Å². The van der Waals surface area contributed by atoms with E-state index >= 15 is 0 Å². The van der Waals surface area contributed by atoms with E-state index in [0.29, 0.717) is 0 Å². The lowest BCUT2D eigenvalue weighted by atomic mass is 9.96. The Balaban J connectivity index is 1.42. The maximum Gasteiger partial charge on any atom is 0.185 e. The molecule has 3 nitrogen and oxygen atoms in total. The summed E-state index contributed by atoms with van der Waals surface area (Å²) >= 11 is 1.86. The van der Waals surface area contributed by atoms with E-state index in [1.54, 1.807) is 0 Å². The molecule has 4 heteroatoms. The Kier molecular flexibility index (Phi) is 3.69. The van der Waals surface area contributed by atoms with E-state index in [-0.39, 0.29) is 0 Å². The Labute approximate surface area is 125 Å². The lowest BCUT2D eigenvalue weighted by Crippen LogP contribution is -2.34. The predicted molar refractivity (Wildman–Crippen MR) is 84.3 cm³/mol. The Morgan fingerprint density at radius 3 is 2.80 bits per heavy atom. The first-order valence-electron chi connectivity index (χ1n) is 8.34. The molecular weight excluding hydrogens is 266 g/mol. The monoisotopic (exact) mass is 291 g/mol. The summed E-state index contributed by atoms with van der Waals surface area (Å²) in [4.78, 5) is 7.52. The van der Waals surface area contributed by atoms with Crippen molar-refractivity contribution in [2.45, 2.75) is 70.0 Å². The molecule has 3 aliphatic rings. The molecule has 1 saturated heterocycles.